The molecule has 0 aromatic heterocycles. The van der Waals surface area contributed by atoms with Crippen LogP contribution in [0.2, 0.25) is 0 Å². The van der Waals surface area contributed by atoms with E-state index in [-0.39, 0.29) is 17.7 Å². The molecule has 0 radical (unpaired) electrons. The number of hydrogen-bond acceptors (Lipinski definition) is 5. The molecule has 2 fully saturated rings. The van der Waals surface area contributed by atoms with Gasteiger partial charge in [0.15, 0.2) is 0 Å². The van der Waals surface area contributed by atoms with Crippen LogP contribution in [0.15, 0.2) is 42.5 Å². The SMILES string of the molecule is COC(=O)CC(c1cccc(OCC2CCC(OC)(c3cc(OC)ccc3F)CC2)c1)C1CC1. The molecule has 0 saturated heterocycles. The van der Waals surface area contributed by atoms with Crippen LogP contribution in [0.5, 0.6) is 11.5 Å². The molecule has 2 aromatic rings. The fourth-order valence-electron chi connectivity index (χ4n) is 5.24. The van der Waals surface area contributed by atoms with E-state index in [9.17, 15) is 9.18 Å². The Balaban J connectivity index is 1.37. The zero-order valence-electron chi connectivity index (χ0n) is 20.3. The summed E-state index contributed by atoms with van der Waals surface area (Å²) >= 11 is 0. The van der Waals surface area contributed by atoms with E-state index in [0.717, 1.165) is 49.8 Å². The number of rotatable bonds is 10. The Morgan fingerprint density at radius 2 is 1.79 bits per heavy atom. The second-order valence-electron chi connectivity index (χ2n) is 9.60. The number of benzene rings is 2. The van der Waals surface area contributed by atoms with E-state index in [1.807, 2.05) is 12.1 Å². The molecule has 184 valence electrons. The van der Waals surface area contributed by atoms with E-state index in [1.54, 1.807) is 26.4 Å². The van der Waals surface area contributed by atoms with Crippen LogP contribution in [-0.2, 0) is 19.9 Å². The first-order chi connectivity index (χ1) is 16.5. The van der Waals surface area contributed by atoms with Crippen molar-refractivity contribution < 1.29 is 28.1 Å². The van der Waals surface area contributed by atoms with Gasteiger partial charge in [-0.3, -0.25) is 4.79 Å². The third kappa shape index (κ3) is 5.54. The molecule has 2 aromatic carbocycles. The van der Waals surface area contributed by atoms with Crippen molar-refractivity contribution in [3.05, 3.63) is 59.4 Å². The van der Waals surface area contributed by atoms with E-state index in [1.165, 1.54) is 13.2 Å². The molecule has 4 rings (SSSR count). The first-order valence-corrected chi connectivity index (χ1v) is 12.2. The van der Waals surface area contributed by atoms with E-state index in [2.05, 4.69) is 12.1 Å². The average Bonchev–Trinajstić information content (AvgIpc) is 3.72. The van der Waals surface area contributed by atoms with Crippen molar-refractivity contribution >= 4 is 5.97 Å². The van der Waals surface area contributed by atoms with Crippen molar-refractivity contribution in [3.63, 3.8) is 0 Å². The lowest BCUT2D eigenvalue weighted by Crippen LogP contribution is -2.36. The smallest absolute Gasteiger partial charge is 0.306 e. The maximum atomic E-state index is 14.7. The van der Waals surface area contributed by atoms with Gasteiger partial charge in [-0.15, -0.1) is 0 Å². The van der Waals surface area contributed by atoms with Gasteiger partial charge in [0, 0.05) is 12.7 Å². The van der Waals surface area contributed by atoms with Gasteiger partial charge < -0.3 is 18.9 Å². The molecule has 34 heavy (non-hydrogen) atoms. The average molecular weight is 471 g/mol. The summed E-state index contributed by atoms with van der Waals surface area (Å²) in [6.45, 7) is 0.606. The Morgan fingerprint density at radius 1 is 1.03 bits per heavy atom. The molecule has 0 heterocycles. The molecule has 1 unspecified atom stereocenters. The standard InChI is InChI=1S/C28H35FO5/c1-31-22-9-10-26(29)25(16-22)28(33-3)13-11-19(12-14-28)18-34-23-6-4-5-21(15-23)24(20-7-8-20)17-27(30)32-2/h4-6,9-10,15-16,19-20,24H,7-8,11-14,17-18H2,1-3H3. The Labute approximate surface area is 201 Å². The highest BCUT2D eigenvalue weighted by molar-refractivity contribution is 5.70. The van der Waals surface area contributed by atoms with Crippen LogP contribution in [0.3, 0.4) is 0 Å². The number of hydrogen-bond donors (Lipinski definition) is 0. The first kappa shape index (κ1) is 24.5. The fourth-order valence-corrected chi connectivity index (χ4v) is 5.24. The Kier molecular flexibility index (Phi) is 7.77. The van der Waals surface area contributed by atoms with Gasteiger partial charge in [-0.25, -0.2) is 4.39 Å². The van der Waals surface area contributed by atoms with Crippen LogP contribution in [0.25, 0.3) is 0 Å². The highest BCUT2D eigenvalue weighted by Gasteiger charge is 2.39. The second-order valence-corrected chi connectivity index (χ2v) is 9.60. The van der Waals surface area contributed by atoms with Gasteiger partial charge in [-0.05, 0) is 92.2 Å². The molecular weight excluding hydrogens is 435 g/mol. The fraction of sp³-hybridized carbons (Fsp3) is 0.536. The lowest BCUT2D eigenvalue weighted by atomic mass is 9.75. The Morgan fingerprint density at radius 3 is 2.44 bits per heavy atom. The van der Waals surface area contributed by atoms with Crippen LogP contribution in [0, 0.1) is 17.7 Å². The van der Waals surface area contributed by atoms with Crippen molar-refractivity contribution in [2.45, 2.75) is 56.5 Å². The zero-order chi connectivity index (χ0) is 24.1. The van der Waals surface area contributed by atoms with Crippen LogP contribution < -0.4 is 9.47 Å². The van der Waals surface area contributed by atoms with Crippen LogP contribution in [-0.4, -0.2) is 33.9 Å². The maximum absolute atomic E-state index is 14.7. The van der Waals surface area contributed by atoms with Crippen molar-refractivity contribution in [1.29, 1.82) is 0 Å². The molecule has 2 aliphatic carbocycles. The van der Waals surface area contributed by atoms with Gasteiger partial charge in [0.2, 0.25) is 0 Å². The number of ether oxygens (including phenoxy) is 4. The molecule has 5 nitrogen and oxygen atoms in total. The molecule has 1 atom stereocenters. The summed E-state index contributed by atoms with van der Waals surface area (Å²) in [5.41, 5.74) is 1.07. The van der Waals surface area contributed by atoms with Crippen molar-refractivity contribution in [3.8, 4) is 11.5 Å². The quantitative estimate of drug-likeness (QED) is 0.399. The van der Waals surface area contributed by atoms with E-state index in [0.29, 0.717) is 36.2 Å². The first-order valence-electron chi connectivity index (χ1n) is 12.2. The number of methoxy groups -OCH3 is 3. The third-order valence-corrected chi connectivity index (χ3v) is 7.55. The minimum atomic E-state index is -0.638. The topological polar surface area (TPSA) is 54.0 Å². The van der Waals surface area contributed by atoms with Crippen molar-refractivity contribution in [2.75, 3.05) is 27.9 Å². The number of esters is 1. The summed E-state index contributed by atoms with van der Waals surface area (Å²) in [7, 11) is 4.69. The van der Waals surface area contributed by atoms with Crippen LogP contribution >= 0.6 is 0 Å². The molecule has 0 spiro atoms. The maximum Gasteiger partial charge on any atom is 0.306 e. The molecule has 2 saturated carbocycles. The van der Waals surface area contributed by atoms with Crippen molar-refractivity contribution in [1.82, 2.24) is 0 Å². The Hall–Kier alpha value is -2.60. The highest BCUT2D eigenvalue weighted by Crippen LogP contribution is 2.46. The van der Waals surface area contributed by atoms with E-state index in [4.69, 9.17) is 18.9 Å². The monoisotopic (exact) mass is 470 g/mol. The summed E-state index contributed by atoms with van der Waals surface area (Å²) in [6.07, 6.45) is 5.95. The third-order valence-electron chi connectivity index (χ3n) is 7.55. The molecule has 2 aliphatic rings. The van der Waals surface area contributed by atoms with Gasteiger partial charge in [-0.1, -0.05) is 12.1 Å². The van der Waals surface area contributed by atoms with Gasteiger partial charge in [-0.2, -0.15) is 0 Å². The van der Waals surface area contributed by atoms with Gasteiger partial charge in [0.25, 0.3) is 0 Å². The minimum absolute atomic E-state index is 0.167. The van der Waals surface area contributed by atoms with Crippen LogP contribution in [0.4, 0.5) is 4.39 Å². The summed E-state index contributed by atoms with van der Waals surface area (Å²) in [6, 6.07) is 13.0. The van der Waals surface area contributed by atoms with Gasteiger partial charge in [0.05, 0.1) is 32.8 Å². The summed E-state index contributed by atoms with van der Waals surface area (Å²) in [5.74, 6) is 2.14. The van der Waals surface area contributed by atoms with Crippen LogP contribution in [0.1, 0.15) is 62.0 Å². The largest absolute Gasteiger partial charge is 0.497 e. The summed E-state index contributed by atoms with van der Waals surface area (Å²) in [5, 5.41) is 0. The second kappa shape index (κ2) is 10.8. The molecular formula is C28H35FO5. The van der Waals surface area contributed by atoms with E-state index >= 15 is 0 Å². The molecule has 6 heteroatoms. The van der Waals surface area contributed by atoms with Gasteiger partial charge in [0.1, 0.15) is 17.3 Å². The van der Waals surface area contributed by atoms with E-state index < -0.39 is 5.60 Å². The summed E-state index contributed by atoms with van der Waals surface area (Å²) < 4.78 is 37.0. The predicted octanol–water partition coefficient (Wildman–Crippen LogP) is 6.00. The molecule has 0 bridgehead atoms. The number of carbonyl (C=O) groups is 1. The molecule has 0 aliphatic heterocycles. The normalized spacial score (nSPS) is 23.2. The minimum Gasteiger partial charge on any atom is -0.497 e. The molecule has 0 amide bonds. The zero-order valence-corrected chi connectivity index (χ0v) is 20.3. The predicted molar refractivity (Wildman–Crippen MR) is 128 cm³/mol. The number of carbonyl (C=O) groups excluding carboxylic acids is 1. The van der Waals surface area contributed by atoms with Gasteiger partial charge >= 0.3 is 5.97 Å². The highest BCUT2D eigenvalue weighted by atomic mass is 19.1. The molecule has 0 N–H and O–H groups in total. The lowest BCUT2D eigenvalue weighted by Gasteiger charge is -2.39. The summed E-state index contributed by atoms with van der Waals surface area (Å²) in [4.78, 5) is 11.9. The van der Waals surface area contributed by atoms with Crippen molar-refractivity contribution in [2.24, 2.45) is 11.8 Å². The Bertz CT molecular complexity index is 979. The lowest BCUT2D eigenvalue weighted by molar-refractivity contribution is -0.141. The number of halogens is 1.